The van der Waals surface area contributed by atoms with Crippen molar-refractivity contribution in [3.63, 3.8) is 0 Å². The highest BCUT2D eigenvalue weighted by Gasteiger charge is 2.20. The number of aromatic nitrogens is 1. The molecule has 1 N–H and O–H groups in total. The van der Waals surface area contributed by atoms with E-state index in [-0.39, 0.29) is 17.9 Å². The molecular weight excluding hydrogens is 423 g/mol. The highest BCUT2D eigenvalue weighted by atomic mass is 35.5. The highest BCUT2D eigenvalue weighted by Crippen LogP contribution is 2.28. The largest absolute Gasteiger partial charge is 0.487 e. The van der Waals surface area contributed by atoms with Gasteiger partial charge < -0.3 is 10.1 Å². The van der Waals surface area contributed by atoms with E-state index in [2.05, 4.69) is 36.3 Å². The molecule has 0 saturated carbocycles. The zero-order chi connectivity index (χ0) is 18.6. The molecule has 0 spiro atoms. The molecule has 2 aromatic carbocycles. The Bertz CT molecular complexity index is 852. The van der Waals surface area contributed by atoms with E-state index in [4.69, 9.17) is 27.9 Å². The van der Waals surface area contributed by atoms with Crippen molar-refractivity contribution in [3.05, 3.63) is 80.2 Å². The molecule has 3 rings (SSSR count). The SMILES string of the molecule is CC(C)(NCc1ccc(OCc2cscn2)cc1)c1ccc(Cl)c(Cl)c1.Cl. The van der Waals surface area contributed by atoms with Crippen LogP contribution in [-0.4, -0.2) is 4.98 Å². The van der Waals surface area contributed by atoms with Crippen molar-refractivity contribution in [2.24, 2.45) is 0 Å². The lowest BCUT2D eigenvalue weighted by Gasteiger charge is -2.27. The first kappa shape index (κ1) is 22.0. The maximum absolute atomic E-state index is 6.14. The number of nitrogens with one attached hydrogen (secondary N) is 1. The van der Waals surface area contributed by atoms with Gasteiger partial charge in [0, 0.05) is 17.5 Å². The Morgan fingerprint density at radius 3 is 2.44 bits per heavy atom. The number of hydrogen-bond donors (Lipinski definition) is 1. The van der Waals surface area contributed by atoms with Gasteiger partial charge in [-0.1, -0.05) is 41.4 Å². The lowest BCUT2D eigenvalue weighted by Crippen LogP contribution is -2.35. The Labute approximate surface area is 180 Å². The molecule has 7 heteroatoms. The van der Waals surface area contributed by atoms with Gasteiger partial charge in [-0.25, -0.2) is 4.98 Å². The quantitative estimate of drug-likeness (QED) is 0.454. The molecule has 1 heterocycles. The molecule has 3 nitrogen and oxygen atoms in total. The van der Waals surface area contributed by atoms with Crippen LogP contribution in [0.2, 0.25) is 10.0 Å². The summed E-state index contributed by atoms with van der Waals surface area (Å²) in [5.41, 5.74) is 4.80. The van der Waals surface area contributed by atoms with Crippen molar-refractivity contribution < 1.29 is 4.74 Å². The molecule has 0 atom stereocenters. The third-order valence-electron chi connectivity index (χ3n) is 4.17. The van der Waals surface area contributed by atoms with E-state index >= 15 is 0 Å². The summed E-state index contributed by atoms with van der Waals surface area (Å²) in [6.07, 6.45) is 0. The molecule has 0 radical (unpaired) electrons. The summed E-state index contributed by atoms with van der Waals surface area (Å²) in [6, 6.07) is 13.8. The van der Waals surface area contributed by atoms with E-state index in [0.717, 1.165) is 23.6 Å². The minimum Gasteiger partial charge on any atom is -0.487 e. The van der Waals surface area contributed by atoms with E-state index < -0.39 is 0 Å². The summed E-state index contributed by atoms with van der Waals surface area (Å²) in [4.78, 5) is 4.21. The van der Waals surface area contributed by atoms with Gasteiger partial charge in [0.15, 0.2) is 0 Å². The molecule has 0 aliphatic carbocycles. The van der Waals surface area contributed by atoms with Crippen LogP contribution in [0, 0.1) is 0 Å². The van der Waals surface area contributed by atoms with Crippen LogP contribution in [0.4, 0.5) is 0 Å². The predicted molar refractivity (Wildman–Crippen MR) is 116 cm³/mol. The smallest absolute Gasteiger partial charge is 0.131 e. The number of hydrogen-bond acceptors (Lipinski definition) is 4. The minimum absolute atomic E-state index is 0. The zero-order valence-electron chi connectivity index (χ0n) is 15.0. The van der Waals surface area contributed by atoms with Crippen molar-refractivity contribution in [2.45, 2.75) is 32.5 Å². The van der Waals surface area contributed by atoms with Crippen LogP contribution in [0.15, 0.2) is 53.4 Å². The molecule has 0 saturated heterocycles. The van der Waals surface area contributed by atoms with Crippen LogP contribution >= 0.6 is 46.9 Å². The van der Waals surface area contributed by atoms with Crippen LogP contribution in [0.1, 0.15) is 30.7 Å². The molecule has 144 valence electrons. The van der Waals surface area contributed by atoms with Crippen molar-refractivity contribution in [1.29, 1.82) is 0 Å². The van der Waals surface area contributed by atoms with Gasteiger partial charge >= 0.3 is 0 Å². The second-order valence-electron chi connectivity index (χ2n) is 6.52. The second kappa shape index (κ2) is 9.76. The molecule has 0 amide bonds. The van der Waals surface area contributed by atoms with E-state index in [1.807, 2.05) is 41.2 Å². The van der Waals surface area contributed by atoms with Gasteiger partial charge in [-0.15, -0.1) is 23.7 Å². The molecular formula is C20H21Cl3N2OS. The van der Waals surface area contributed by atoms with Gasteiger partial charge in [-0.2, -0.15) is 0 Å². The van der Waals surface area contributed by atoms with E-state index in [1.165, 1.54) is 5.56 Å². The summed E-state index contributed by atoms with van der Waals surface area (Å²) in [5, 5.41) is 6.69. The van der Waals surface area contributed by atoms with Crippen molar-refractivity contribution >= 4 is 46.9 Å². The summed E-state index contributed by atoms with van der Waals surface area (Å²) in [5.74, 6) is 0.838. The molecule has 27 heavy (non-hydrogen) atoms. The fraction of sp³-hybridized carbons (Fsp3) is 0.250. The Hall–Kier alpha value is -1.30. The Morgan fingerprint density at radius 2 is 1.81 bits per heavy atom. The lowest BCUT2D eigenvalue weighted by molar-refractivity contribution is 0.302. The topological polar surface area (TPSA) is 34.1 Å². The summed E-state index contributed by atoms with van der Waals surface area (Å²) in [6.45, 7) is 5.47. The zero-order valence-corrected chi connectivity index (χ0v) is 18.2. The molecule has 0 bridgehead atoms. The number of benzene rings is 2. The number of ether oxygens (including phenoxy) is 1. The van der Waals surface area contributed by atoms with Crippen LogP contribution in [0.3, 0.4) is 0 Å². The van der Waals surface area contributed by atoms with Gasteiger partial charge in [0.2, 0.25) is 0 Å². The normalized spacial score (nSPS) is 11.1. The molecule has 0 fully saturated rings. The van der Waals surface area contributed by atoms with Gasteiger partial charge in [0.1, 0.15) is 12.4 Å². The summed E-state index contributed by atoms with van der Waals surface area (Å²) >= 11 is 13.7. The maximum atomic E-state index is 6.14. The van der Waals surface area contributed by atoms with Crippen molar-refractivity contribution in [3.8, 4) is 5.75 Å². The van der Waals surface area contributed by atoms with Gasteiger partial charge in [0.05, 0.1) is 21.2 Å². The van der Waals surface area contributed by atoms with Gasteiger partial charge in [-0.05, 0) is 49.2 Å². The highest BCUT2D eigenvalue weighted by molar-refractivity contribution is 7.07. The fourth-order valence-corrected chi connectivity index (χ4v) is 3.32. The van der Waals surface area contributed by atoms with Crippen LogP contribution in [0.25, 0.3) is 0 Å². The maximum Gasteiger partial charge on any atom is 0.131 e. The van der Waals surface area contributed by atoms with E-state index in [9.17, 15) is 0 Å². The molecule has 0 aliphatic heterocycles. The average Bonchev–Trinajstić information content (AvgIpc) is 3.15. The Kier molecular flexibility index (Phi) is 7.95. The van der Waals surface area contributed by atoms with Gasteiger partial charge in [-0.3, -0.25) is 0 Å². The molecule has 0 unspecified atom stereocenters. The Balaban J connectivity index is 0.00000261. The van der Waals surface area contributed by atoms with Gasteiger partial charge in [0.25, 0.3) is 0 Å². The standard InChI is InChI=1S/C20H20Cl2N2OS.ClH/c1-20(2,15-5-8-18(21)19(22)9-15)24-10-14-3-6-17(7-4-14)25-11-16-12-26-13-23-16;/h3-9,12-13,24H,10-11H2,1-2H3;1H. The molecule has 0 aliphatic rings. The van der Waals surface area contributed by atoms with E-state index in [1.54, 1.807) is 11.3 Å². The number of nitrogens with zero attached hydrogens (tertiary/aromatic N) is 1. The number of halogens is 3. The van der Waals surface area contributed by atoms with Crippen molar-refractivity contribution in [1.82, 2.24) is 10.3 Å². The number of thiazole rings is 1. The minimum atomic E-state index is -0.228. The van der Waals surface area contributed by atoms with Crippen LogP contribution < -0.4 is 10.1 Å². The third kappa shape index (κ3) is 6.09. The summed E-state index contributed by atoms with van der Waals surface area (Å²) < 4.78 is 5.74. The first-order valence-corrected chi connectivity index (χ1v) is 9.93. The lowest BCUT2D eigenvalue weighted by atomic mass is 9.94. The number of rotatable bonds is 7. The van der Waals surface area contributed by atoms with Crippen molar-refractivity contribution in [2.75, 3.05) is 0 Å². The van der Waals surface area contributed by atoms with Crippen LogP contribution in [-0.2, 0) is 18.7 Å². The third-order valence-corrected chi connectivity index (χ3v) is 5.54. The molecule has 1 aromatic heterocycles. The fourth-order valence-electron chi connectivity index (χ4n) is 2.48. The predicted octanol–water partition coefficient (Wildman–Crippen LogP) is 6.48. The first-order chi connectivity index (χ1) is 12.4. The molecule has 3 aromatic rings. The van der Waals surface area contributed by atoms with E-state index in [0.29, 0.717) is 16.7 Å². The first-order valence-electron chi connectivity index (χ1n) is 8.23. The monoisotopic (exact) mass is 442 g/mol. The average molecular weight is 444 g/mol. The summed E-state index contributed by atoms with van der Waals surface area (Å²) in [7, 11) is 0. The Morgan fingerprint density at radius 1 is 1.07 bits per heavy atom. The second-order valence-corrected chi connectivity index (χ2v) is 8.05. The van der Waals surface area contributed by atoms with Crippen LogP contribution in [0.5, 0.6) is 5.75 Å².